The first-order valence-corrected chi connectivity index (χ1v) is 8.33. The average Bonchev–Trinajstić information content (AvgIpc) is 2.66. The van der Waals surface area contributed by atoms with Crippen molar-refractivity contribution in [1.29, 1.82) is 0 Å². The summed E-state index contributed by atoms with van der Waals surface area (Å²) in [4.78, 5) is 12.6. The van der Waals surface area contributed by atoms with Crippen LogP contribution in [0.25, 0.3) is 0 Å². The fraction of sp³-hybridized carbons (Fsp3) is 0.350. The standard InChI is InChI=1S/C20H25NO4/c1-5-16(25-19-13-9-8-12-18(19)24-4)20(22)21-14(2)15-10-6-7-11-17(15)23-3/h6-14,16H,5H2,1-4H3,(H,21,22)/t14-,16-/m0/s1. The molecule has 0 aliphatic heterocycles. The van der Waals surface area contributed by atoms with Crippen LogP contribution >= 0.6 is 0 Å². The van der Waals surface area contributed by atoms with E-state index in [0.29, 0.717) is 17.9 Å². The Labute approximate surface area is 148 Å². The molecule has 0 heterocycles. The second-order valence-corrected chi connectivity index (χ2v) is 5.64. The van der Waals surface area contributed by atoms with E-state index in [0.717, 1.165) is 11.3 Å². The van der Waals surface area contributed by atoms with Gasteiger partial charge in [0.05, 0.1) is 20.3 Å². The molecule has 134 valence electrons. The Kier molecular flexibility index (Phi) is 6.69. The SMILES string of the molecule is CC[C@H](Oc1ccccc1OC)C(=O)N[C@@H](C)c1ccccc1OC. The second-order valence-electron chi connectivity index (χ2n) is 5.64. The van der Waals surface area contributed by atoms with Gasteiger partial charge < -0.3 is 19.5 Å². The summed E-state index contributed by atoms with van der Waals surface area (Å²) in [5.74, 6) is 1.73. The molecule has 2 rings (SSSR count). The molecule has 0 aliphatic rings. The first-order chi connectivity index (χ1) is 12.1. The molecular formula is C20H25NO4. The van der Waals surface area contributed by atoms with Crippen molar-refractivity contribution in [3.63, 3.8) is 0 Å². The third kappa shape index (κ3) is 4.66. The molecule has 0 aromatic heterocycles. The van der Waals surface area contributed by atoms with E-state index in [1.807, 2.05) is 50.2 Å². The van der Waals surface area contributed by atoms with Crippen LogP contribution in [0.5, 0.6) is 17.2 Å². The molecule has 2 atom stereocenters. The lowest BCUT2D eigenvalue weighted by Crippen LogP contribution is -2.39. The van der Waals surface area contributed by atoms with Crippen LogP contribution in [-0.2, 0) is 4.79 Å². The van der Waals surface area contributed by atoms with E-state index in [1.54, 1.807) is 26.4 Å². The molecule has 0 spiro atoms. The fourth-order valence-electron chi connectivity index (χ4n) is 2.60. The Hall–Kier alpha value is -2.69. The van der Waals surface area contributed by atoms with Crippen molar-refractivity contribution >= 4 is 5.91 Å². The van der Waals surface area contributed by atoms with E-state index >= 15 is 0 Å². The number of ether oxygens (including phenoxy) is 3. The monoisotopic (exact) mass is 343 g/mol. The molecule has 5 nitrogen and oxygen atoms in total. The minimum Gasteiger partial charge on any atom is -0.496 e. The van der Waals surface area contributed by atoms with Crippen LogP contribution in [0.3, 0.4) is 0 Å². The lowest BCUT2D eigenvalue weighted by Gasteiger charge is -2.22. The predicted molar refractivity (Wildman–Crippen MR) is 97.3 cm³/mol. The zero-order chi connectivity index (χ0) is 18.2. The van der Waals surface area contributed by atoms with Crippen LogP contribution in [0.15, 0.2) is 48.5 Å². The maximum absolute atomic E-state index is 12.6. The molecule has 0 unspecified atom stereocenters. The number of hydrogen-bond acceptors (Lipinski definition) is 4. The van der Waals surface area contributed by atoms with Gasteiger partial charge in [-0.15, -0.1) is 0 Å². The predicted octanol–water partition coefficient (Wildman–Crippen LogP) is 3.74. The van der Waals surface area contributed by atoms with Crippen LogP contribution in [0.1, 0.15) is 31.9 Å². The number of carbonyl (C=O) groups is 1. The lowest BCUT2D eigenvalue weighted by molar-refractivity contribution is -0.128. The molecule has 25 heavy (non-hydrogen) atoms. The molecule has 0 fully saturated rings. The number of amides is 1. The number of rotatable bonds is 8. The molecule has 1 amide bonds. The van der Waals surface area contributed by atoms with Crippen LogP contribution in [-0.4, -0.2) is 26.2 Å². The molecule has 5 heteroatoms. The number of nitrogens with one attached hydrogen (secondary N) is 1. The maximum atomic E-state index is 12.6. The highest BCUT2D eigenvalue weighted by Crippen LogP contribution is 2.28. The van der Waals surface area contributed by atoms with Gasteiger partial charge in [0.2, 0.25) is 0 Å². The zero-order valence-corrected chi connectivity index (χ0v) is 15.1. The molecule has 0 saturated carbocycles. The molecule has 0 radical (unpaired) electrons. The van der Waals surface area contributed by atoms with E-state index in [4.69, 9.17) is 14.2 Å². The quantitative estimate of drug-likeness (QED) is 0.793. The minimum absolute atomic E-state index is 0.174. The summed E-state index contributed by atoms with van der Waals surface area (Å²) in [6.07, 6.45) is -0.0591. The van der Waals surface area contributed by atoms with Gasteiger partial charge in [-0.1, -0.05) is 37.3 Å². The summed E-state index contributed by atoms with van der Waals surface area (Å²) in [5, 5.41) is 2.99. The summed E-state index contributed by atoms with van der Waals surface area (Å²) in [6.45, 7) is 3.83. The maximum Gasteiger partial charge on any atom is 0.261 e. The molecule has 2 aromatic carbocycles. The van der Waals surface area contributed by atoms with Gasteiger partial charge in [-0.25, -0.2) is 0 Å². The van der Waals surface area contributed by atoms with Gasteiger partial charge in [-0.05, 0) is 31.5 Å². The van der Waals surface area contributed by atoms with E-state index in [2.05, 4.69) is 5.32 Å². The Morgan fingerprint density at radius 1 is 0.960 bits per heavy atom. The van der Waals surface area contributed by atoms with Gasteiger partial charge in [-0.3, -0.25) is 4.79 Å². The smallest absolute Gasteiger partial charge is 0.261 e. The third-order valence-electron chi connectivity index (χ3n) is 3.97. The molecule has 0 bridgehead atoms. The molecule has 0 aliphatic carbocycles. The summed E-state index contributed by atoms with van der Waals surface area (Å²) in [7, 11) is 3.19. The molecule has 0 saturated heterocycles. The van der Waals surface area contributed by atoms with Crippen molar-refractivity contribution in [1.82, 2.24) is 5.32 Å². The van der Waals surface area contributed by atoms with Gasteiger partial charge in [0, 0.05) is 5.56 Å². The fourth-order valence-corrected chi connectivity index (χ4v) is 2.60. The van der Waals surface area contributed by atoms with Crippen molar-refractivity contribution in [3.8, 4) is 17.2 Å². The summed E-state index contributed by atoms with van der Waals surface area (Å²) in [5.41, 5.74) is 0.922. The Bertz CT molecular complexity index is 702. The normalized spacial score (nSPS) is 12.8. The average molecular weight is 343 g/mol. The second kappa shape index (κ2) is 8.97. The van der Waals surface area contributed by atoms with Gasteiger partial charge in [0.1, 0.15) is 5.75 Å². The number of benzene rings is 2. The van der Waals surface area contributed by atoms with Crippen LogP contribution in [0.4, 0.5) is 0 Å². The van der Waals surface area contributed by atoms with E-state index < -0.39 is 6.10 Å². The number of hydrogen-bond donors (Lipinski definition) is 1. The van der Waals surface area contributed by atoms with Gasteiger partial charge in [0.25, 0.3) is 5.91 Å². The van der Waals surface area contributed by atoms with Crippen LogP contribution < -0.4 is 19.5 Å². The Balaban J connectivity index is 2.09. The van der Waals surface area contributed by atoms with E-state index in [9.17, 15) is 4.79 Å². The summed E-state index contributed by atoms with van der Waals surface area (Å²) < 4.78 is 16.5. The van der Waals surface area contributed by atoms with Crippen molar-refractivity contribution < 1.29 is 19.0 Å². The summed E-state index contributed by atoms with van der Waals surface area (Å²) >= 11 is 0. The Morgan fingerprint density at radius 2 is 1.52 bits per heavy atom. The van der Waals surface area contributed by atoms with Gasteiger partial charge in [-0.2, -0.15) is 0 Å². The number of para-hydroxylation sites is 3. The number of carbonyl (C=O) groups excluding carboxylic acids is 1. The Morgan fingerprint density at radius 3 is 2.12 bits per heavy atom. The third-order valence-corrected chi connectivity index (χ3v) is 3.97. The van der Waals surface area contributed by atoms with Crippen molar-refractivity contribution in [2.45, 2.75) is 32.4 Å². The van der Waals surface area contributed by atoms with Crippen molar-refractivity contribution in [2.24, 2.45) is 0 Å². The molecular weight excluding hydrogens is 318 g/mol. The van der Waals surface area contributed by atoms with E-state index in [1.165, 1.54) is 0 Å². The highest BCUT2D eigenvalue weighted by atomic mass is 16.5. The van der Waals surface area contributed by atoms with Crippen molar-refractivity contribution in [2.75, 3.05) is 14.2 Å². The van der Waals surface area contributed by atoms with Gasteiger partial charge in [0.15, 0.2) is 17.6 Å². The van der Waals surface area contributed by atoms with Gasteiger partial charge >= 0.3 is 0 Å². The highest BCUT2D eigenvalue weighted by Gasteiger charge is 2.23. The topological polar surface area (TPSA) is 56.8 Å². The van der Waals surface area contributed by atoms with Crippen molar-refractivity contribution in [3.05, 3.63) is 54.1 Å². The molecule has 2 aromatic rings. The first kappa shape index (κ1) is 18.6. The first-order valence-electron chi connectivity index (χ1n) is 8.33. The lowest BCUT2D eigenvalue weighted by atomic mass is 10.1. The van der Waals surface area contributed by atoms with Crippen LogP contribution in [0, 0.1) is 0 Å². The summed E-state index contributed by atoms with van der Waals surface area (Å²) in [6, 6.07) is 14.7. The largest absolute Gasteiger partial charge is 0.496 e. The highest BCUT2D eigenvalue weighted by molar-refractivity contribution is 5.81. The minimum atomic E-state index is -0.603. The molecule has 1 N–H and O–H groups in total. The zero-order valence-electron chi connectivity index (χ0n) is 15.1. The number of methoxy groups -OCH3 is 2. The van der Waals surface area contributed by atoms with Crippen LogP contribution in [0.2, 0.25) is 0 Å². The van der Waals surface area contributed by atoms with E-state index in [-0.39, 0.29) is 11.9 Å².